The maximum absolute atomic E-state index is 12.4. The summed E-state index contributed by atoms with van der Waals surface area (Å²) in [5.41, 5.74) is 0. The zero-order chi connectivity index (χ0) is 11.6. The third-order valence-electron chi connectivity index (χ3n) is 2.11. The molecule has 15 heavy (non-hydrogen) atoms. The molecule has 0 radical (unpaired) electrons. The fraction of sp³-hybridized carbons (Fsp3) is 0.778. The first-order chi connectivity index (χ1) is 6.88. The number of Topliss-reactive ketones (excluding diaryl/α,β-unsaturated/α-hetero) is 1. The van der Waals surface area contributed by atoms with E-state index in [0.717, 1.165) is 0 Å². The predicted molar refractivity (Wildman–Crippen MR) is 43.9 cm³/mol. The van der Waals surface area contributed by atoms with Gasteiger partial charge in [0.25, 0.3) is 0 Å². The van der Waals surface area contributed by atoms with Crippen molar-refractivity contribution in [3.63, 3.8) is 0 Å². The molecule has 1 saturated carbocycles. The molecule has 1 aliphatic carbocycles. The highest BCUT2D eigenvalue weighted by Gasteiger charge is 2.54. The summed E-state index contributed by atoms with van der Waals surface area (Å²) < 4.78 is 41.5. The number of ether oxygens (including phenoxy) is 1. The van der Waals surface area contributed by atoms with Crippen molar-refractivity contribution >= 4 is 11.8 Å². The fourth-order valence-corrected chi connectivity index (χ4v) is 1.24. The molecule has 0 aromatic rings. The van der Waals surface area contributed by atoms with E-state index in [9.17, 15) is 22.8 Å². The molecule has 0 amide bonds. The van der Waals surface area contributed by atoms with Gasteiger partial charge in [-0.2, -0.15) is 13.2 Å². The Labute approximate surface area is 84.6 Å². The van der Waals surface area contributed by atoms with Crippen LogP contribution >= 0.6 is 0 Å². The Balaban J connectivity index is 2.77. The number of rotatable bonds is 4. The van der Waals surface area contributed by atoms with Crippen LogP contribution in [0.3, 0.4) is 0 Å². The molecule has 0 aromatic carbocycles. The van der Waals surface area contributed by atoms with Crippen LogP contribution in [0.5, 0.6) is 0 Å². The zero-order valence-electron chi connectivity index (χ0n) is 8.13. The van der Waals surface area contributed by atoms with E-state index in [1.54, 1.807) is 0 Å². The van der Waals surface area contributed by atoms with Crippen molar-refractivity contribution in [2.24, 2.45) is 11.8 Å². The Kier molecular flexibility index (Phi) is 3.36. The van der Waals surface area contributed by atoms with Crippen LogP contribution in [0.4, 0.5) is 13.2 Å². The molecule has 0 bridgehead atoms. The Morgan fingerprint density at radius 1 is 1.40 bits per heavy atom. The molecule has 86 valence electrons. The van der Waals surface area contributed by atoms with E-state index in [1.807, 2.05) is 0 Å². The fourth-order valence-electron chi connectivity index (χ4n) is 1.24. The number of alkyl halides is 3. The minimum Gasteiger partial charge on any atom is -0.465 e. The van der Waals surface area contributed by atoms with Crippen LogP contribution in [0.1, 0.15) is 19.8 Å². The van der Waals surface area contributed by atoms with Crippen LogP contribution in [-0.4, -0.2) is 24.5 Å². The van der Waals surface area contributed by atoms with Gasteiger partial charge in [-0.15, -0.1) is 0 Å². The highest BCUT2D eigenvalue weighted by Crippen LogP contribution is 2.38. The number of ketones is 1. The second-order valence-corrected chi connectivity index (χ2v) is 3.40. The van der Waals surface area contributed by atoms with Gasteiger partial charge < -0.3 is 4.74 Å². The molecule has 3 nitrogen and oxygen atoms in total. The number of carbonyl (C=O) groups is 2. The molecule has 1 fully saturated rings. The topological polar surface area (TPSA) is 43.4 Å². The van der Waals surface area contributed by atoms with Crippen molar-refractivity contribution in [1.29, 1.82) is 0 Å². The molecule has 6 heteroatoms. The molecule has 0 spiro atoms. The van der Waals surface area contributed by atoms with Crippen molar-refractivity contribution in [1.82, 2.24) is 0 Å². The van der Waals surface area contributed by atoms with Crippen LogP contribution in [0.2, 0.25) is 0 Å². The lowest BCUT2D eigenvalue weighted by atomic mass is 10.00. The molecule has 0 heterocycles. The Morgan fingerprint density at radius 2 is 1.93 bits per heavy atom. The third kappa shape index (κ3) is 2.94. The van der Waals surface area contributed by atoms with Crippen molar-refractivity contribution < 1.29 is 27.5 Å². The van der Waals surface area contributed by atoms with E-state index in [4.69, 9.17) is 0 Å². The van der Waals surface area contributed by atoms with Gasteiger partial charge in [-0.1, -0.05) is 0 Å². The van der Waals surface area contributed by atoms with E-state index in [1.165, 1.54) is 6.92 Å². The Bertz CT molecular complexity index is 268. The van der Waals surface area contributed by atoms with E-state index >= 15 is 0 Å². The highest BCUT2D eigenvalue weighted by atomic mass is 19.4. The summed E-state index contributed by atoms with van der Waals surface area (Å²) in [4.78, 5) is 22.2. The van der Waals surface area contributed by atoms with Gasteiger partial charge in [-0.25, -0.2) is 0 Å². The predicted octanol–water partition coefficient (Wildman–Crippen LogP) is 1.71. The zero-order valence-corrected chi connectivity index (χ0v) is 8.13. The number of esters is 1. The molecule has 1 atom stereocenters. The molecule has 0 N–H and O–H groups in total. The van der Waals surface area contributed by atoms with Gasteiger partial charge in [0.2, 0.25) is 5.92 Å². The van der Waals surface area contributed by atoms with Crippen molar-refractivity contribution in [3.8, 4) is 0 Å². The molecule has 0 unspecified atom stereocenters. The molecule has 0 saturated heterocycles. The molecular weight excluding hydrogens is 213 g/mol. The largest absolute Gasteiger partial charge is 0.465 e. The second kappa shape index (κ2) is 4.20. The average molecular weight is 224 g/mol. The van der Waals surface area contributed by atoms with Gasteiger partial charge in [0.05, 0.1) is 6.61 Å². The lowest BCUT2D eigenvalue weighted by molar-refractivity contribution is -0.198. The summed E-state index contributed by atoms with van der Waals surface area (Å²) in [7, 11) is 0. The smallest absolute Gasteiger partial charge is 0.409 e. The third-order valence-corrected chi connectivity index (χ3v) is 2.11. The van der Waals surface area contributed by atoms with Crippen molar-refractivity contribution in [3.05, 3.63) is 0 Å². The number of halogens is 3. The summed E-state index contributed by atoms with van der Waals surface area (Å²) >= 11 is 0. The van der Waals surface area contributed by atoms with Gasteiger partial charge >= 0.3 is 12.1 Å². The summed E-state index contributed by atoms with van der Waals surface area (Å²) in [5.74, 6) is -5.74. The summed E-state index contributed by atoms with van der Waals surface area (Å²) in [6.45, 7) is 1.23. The minimum atomic E-state index is -4.84. The van der Waals surface area contributed by atoms with E-state index < -0.39 is 29.8 Å². The van der Waals surface area contributed by atoms with Gasteiger partial charge in [-0.3, -0.25) is 9.59 Å². The van der Waals surface area contributed by atoms with Crippen LogP contribution in [0.15, 0.2) is 0 Å². The quantitative estimate of drug-likeness (QED) is 0.539. The summed E-state index contributed by atoms with van der Waals surface area (Å²) in [6.07, 6.45) is -3.97. The number of hydrogen-bond donors (Lipinski definition) is 0. The molecular formula is C9H11F3O3. The number of carbonyl (C=O) groups excluding carboxylic acids is 2. The molecule has 1 rings (SSSR count). The van der Waals surface area contributed by atoms with E-state index in [0.29, 0.717) is 12.8 Å². The first kappa shape index (κ1) is 12.0. The molecule has 0 aromatic heterocycles. The Morgan fingerprint density at radius 3 is 2.27 bits per heavy atom. The first-order valence-corrected chi connectivity index (χ1v) is 4.65. The molecule has 0 aliphatic heterocycles. The van der Waals surface area contributed by atoms with Crippen LogP contribution in [0, 0.1) is 11.8 Å². The maximum Gasteiger partial charge on any atom is 0.409 e. The van der Waals surface area contributed by atoms with E-state index in [-0.39, 0.29) is 6.61 Å². The SMILES string of the molecule is CCOC(=O)[C@H](C(=O)C1CC1)C(F)(F)F. The highest BCUT2D eigenvalue weighted by molar-refractivity contribution is 6.01. The first-order valence-electron chi connectivity index (χ1n) is 4.65. The normalized spacial score (nSPS) is 18.4. The minimum absolute atomic E-state index is 0.163. The lowest BCUT2D eigenvalue weighted by Crippen LogP contribution is -2.39. The second-order valence-electron chi connectivity index (χ2n) is 3.40. The summed E-state index contributed by atoms with van der Waals surface area (Å²) in [6, 6.07) is 0. The standard InChI is InChI=1S/C9H11F3O3/c1-2-15-8(14)6(9(10,11)12)7(13)5-3-4-5/h5-6H,2-4H2,1H3/t6-/m0/s1. The van der Waals surface area contributed by atoms with Crippen molar-refractivity contribution in [2.45, 2.75) is 25.9 Å². The Hall–Kier alpha value is -1.07. The van der Waals surface area contributed by atoms with E-state index in [2.05, 4.69) is 4.74 Å². The summed E-state index contributed by atoms with van der Waals surface area (Å²) in [5, 5.41) is 0. The van der Waals surface area contributed by atoms with Crippen LogP contribution in [-0.2, 0) is 14.3 Å². The van der Waals surface area contributed by atoms with Gasteiger partial charge in [0.1, 0.15) is 0 Å². The van der Waals surface area contributed by atoms with Crippen LogP contribution < -0.4 is 0 Å². The lowest BCUT2D eigenvalue weighted by Gasteiger charge is -2.17. The maximum atomic E-state index is 12.4. The van der Waals surface area contributed by atoms with Crippen molar-refractivity contribution in [2.75, 3.05) is 6.61 Å². The monoisotopic (exact) mass is 224 g/mol. The average Bonchev–Trinajstić information content (AvgIpc) is 2.83. The number of hydrogen-bond acceptors (Lipinski definition) is 3. The van der Waals surface area contributed by atoms with Gasteiger partial charge in [0, 0.05) is 5.92 Å². The van der Waals surface area contributed by atoms with Crippen LogP contribution in [0.25, 0.3) is 0 Å². The van der Waals surface area contributed by atoms with Gasteiger partial charge in [-0.05, 0) is 19.8 Å². The molecule has 1 aliphatic rings. The van der Waals surface area contributed by atoms with Gasteiger partial charge in [0.15, 0.2) is 5.78 Å².